The maximum atomic E-state index is 14.6. The van der Waals surface area contributed by atoms with Gasteiger partial charge in [-0.15, -0.1) is 24.9 Å². The summed E-state index contributed by atoms with van der Waals surface area (Å²) in [7, 11) is 0. The number of likely N-dealkylation sites (tertiary alicyclic amines) is 1. The Balaban J connectivity index is 1.78. The third-order valence-electron chi connectivity index (χ3n) is 8.28. The van der Waals surface area contributed by atoms with Gasteiger partial charge in [0.2, 0.25) is 5.91 Å². The van der Waals surface area contributed by atoms with Crippen LogP contribution in [0.1, 0.15) is 39.5 Å². The highest BCUT2D eigenvalue weighted by Crippen LogP contribution is 2.69. The number of rotatable bonds is 12. The topological polar surface area (TPSA) is 87.1 Å². The smallest absolute Gasteiger partial charge is 0.310 e. The molecule has 3 aliphatic heterocycles. The summed E-state index contributed by atoms with van der Waals surface area (Å²) in [5.41, 5.74) is 0.534. The number of fused-ring (bicyclic) bond motifs is 1. The fraction of sp³-hybridized carbons (Fsp3) is 0.552. The number of halogens is 1. The van der Waals surface area contributed by atoms with E-state index in [4.69, 9.17) is 16.3 Å². The van der Waals surface area contributed by atoms with E-state index in [-0.39, 0.29) is 48.7 Å². The van der Waals surface area contributed by atoms with Gasteiger partial charge in [0.25, 0.3) is 5.91 Å². The zero-order valence-corrected chi connectivity index (χ0v) is 23.6. The molecule has 1 aromatic rings. The number of ether oxygens (including phenoxy) is 1. The molecule has 38 heavy (non-hydrogen) atoms. The van der Waals surface area contributed by atoms with Gasteiger partial charge in [-0.25, -0.2) is 0 Å². The van der Waals surface area contributed by atoms with Crippen molar-refractivity contribution in [2.45, 2.75) is 61.6 Å². The van der Waals surface area contributed by atoms with Gasteiger partial charge in [0.05, 0.1) is 46.5 Å². The molecular formula is C29H37ClN2O5S. The number of aliphatic hydroxyl groups excluding tert-OH is 1. The Morgan fingerprint density at radius 1 is 1.34 bits per heavy atom. The van der Waals surface area contributed by atoms with Crippen LogP contribution in [0, 0.1) is 17.8 Å². The molecular weight excluding hydrogens is 524 g/mol. The van der Waals surface area contributed by atoms with Gasteiger partial charge >= 0.3 is 5.97 Å². The molecule has 3 unspecified atom stereocenters. The van der Waals surface area contributed by atoms with Gasteiger partial charge in [0.1, 0.15) is 6.04 Å². The Hall–Kier alpha value is -2.29. The van der Waals surface area contributed by atoms with Crippen LogP contribution < -0.4 is 4.90 Å². The Bertz CT molecular complexity index is 1090. The number of hydrogen-bond acceptors (Lipinski definition) is 6. The number of unbranched alkanes of at least 4 members (excludes halogenated alkanes) is 1. The highest BCUT2D eigenvalue weighted by molar-refractivity contribution is 8.02. The summed E-state index contributed by atoms with van der Waals surface area (Å²) in [6.45, 7) is 11.7. The number of anilines is 1. The lowest BCUT2D eigenvalue weighted by Gasteiger charge is -2.42. The first-order valence-electron chi connectivity index (χ1n) is 13.3. The van der Waals surface area contributed by atoms with Crippen molar-refractivity contribution in [2.75, 3.05) is 24.7 Å². The van der Waals surface area contributed by atoms with Gasteiger partial charge in [-0.05, 0) is 43.7 Å². The molecule has 2 bridgehead atoms. The van der Waals surface area contributed by atoms with Crippen molar-refractivity contribution >= 4 is 46.8 Å². The molecule has 0 radical (unpaired) electrons. The highest BCUT2D eigenvalue weighted by Gasteiger charge is 2.77. The molecule has 1 N–H and O–H groups in total. The third kappa shape index (κ3) is 4.58. The monoisotopic (exact) mass is 560 g/mol. The Morgan fingerprint density at radius 3 is 2.71 bits per heavy atom. The minimum Gasteiger partial charge on any atom is -0.465 e. The summed E-state index contributed by atoms with van der Waals surface area (Å²) in [4.78, 5) is 45.3. The van der Waals surface area contributed by atoms with Crippen molar-refractivity contribution < 1.29 is 24.2 Å². The van der Waals surface area contributed by atoms with E-state index < -0.39 is 28.7 Å². The van der Waals surface area contributed by atoms with E-state index in [0.717, 1.165) is 6.42 Å². The fourth-order valence-electron chi connectivity index (χ4n) is 6.57. The van der Waals surface area contributed by atoms with Crippen molar-refractivity contribution in [1.29, 1.82) is 0 Å². The van der Waals surface area contributed by atoms with E-state index in [0.29, 0.717) is 30.0 Å². The molecule has 3 saturated heterocycles. The van der Waals surface area contributed by atoms with Crippen molar-refractivity contribution in [1.82, 2.24) is 4.90 Å². The number of amides is 2. The fourth-order valence-corrected chi connectivity index (χ4v) is 9.19. The second kappa shape index (κ2) is 11.8. The number of hydrogen-bond donors (Lipinski definition) is 1. The molecule has 7 atom stereocenters. The van der Waals surface area contributed by atoms with Gasteiger partial charge in [0.15, 0.2) is 0 Å². The molecule has 7 nitrogen and oxygen atoms in total. The predicted octanol–water partition coefficient (Wildman–Crippen LogP) is 4.48. The number of nitrogens with zero attached hydrogens (tertiary/aromatic N) is 2. The maximum absolute atomic E-state index is 14.6. The summed E-state index contributed by atoms with van der Waals surface area (Å²) in [5, 5.41) is 10.6. The van der Waals surface area contributed by atoms with Gasteiger partial charge < -0.3 is 19.6 Å². The van der Waals surface area contributed by atoms with E-state index in [2.05, 4.69) is 20.1 Å². The van der Waals surface area contributed by atoms with Crippen LogP contribution >= 0.6 is 23.4 Å². The maximum Gasteiger partial charge on any atom is 0.310 e. The first-order chi connectivity index (χ1) is 18.3. The number of allylic oxidation sites excluding steroid dienone is 1. The number of aliphatic hydroxyl groups is 1. The summed E-state index contributed by atoms with van der Waals surface area (Å²) in [6, 6.07) is 5.68. The van der Waals surface area contributed by atoms with Crippen LogP contribution in [0.3, 0.4) is 0 Å². The molecule has 3 aliphatic rings. The van der Waals surface area contributed by atoms with E-state index in [1.54, 1.807) is 51.9 Å². The first-order valence-corrected chi connectivity index (χ1v) is 14.6. The Morgan fingerprint density at radius 2 is 2.08 bits per heavy atom. The average Bonchev–Trinajstić information content (AvgIpc) is 3.50. The molecule has 1 aromatic carbocycles. The lowest BCUT2D eigenvalue weighted by atomic mass is 9.66. The van der Waals surface area contributed by atoms with E-state index in [1.165, 1.54) is 0 Å². The molecule has 206 valence electrons. The highest BCUT2D eigenvalue weighted by atomic mass is 35.5. The van der Waals surface area contributed by atoms with E-state index in [9.17, 15) is 19.5 Å². The van der Waals surface area contributed by atoms with E-state index in [1.807, 2.05) is 13.0 Å². The van der Waals surface area contributed by atoms with Crippen LogP contribution in [-0.2, 0) is 19.1 Å². The minimum atomic E-state index is -0.864. The van der Waals surface area contributed by atoms with Crippen molar-refractivity contribution in [3.8, 4) is 0 Å². The summed E-state index contributed by atoms with van der Waals surface area (Å²) in [5.74, 6) is -2.23. The van der Waals surface area contributed by atoms with Crippen LogP contribution in [0.2, 0.25) is 5.02 Å². The van der Waals surface area contributed by atoms with Gasteiger partial charge in [-0.1, -0.05) is 49.7 Å². The van der Waals surface area contributed by atoms with E-state index >= 15 is 0 Å². The van der Waals surface area contributed by atoms with Gasteiger partial charge in [-0.3, -0.25) is 14.4 Å². The quantitative estimate of drug-likeness (QED) is 0.230. The van der Waals surface area contributed by atoms with Gasteiger partial charge in [-0.2, -0.15) is 0 Å². The number of para-hydroxylation sites is 1. The Labute approximate surface area is 234 Å². The van der Waals surface area contributed by atoms with Crippen molar-refractivity contribution in [3.63, 3.8) is 0 Å². The molecule has 0 aliphatic carbocycles. The number of esters is 1. The Kier molecular flexibility index (Phi) is 8.95. The van der Waals surface area contributed by atoms with Crippen molar-refractivity contribution in [2.24, 2.45) is 17.8 Å². The summed E-state index contributed by atoms with van der Waals surface area (Å²) < 4.78 is 4.83. The van der Waals surface area contributed by atoms with Crippen LogP contribution in [0.4, 0.5) is 5.69 Å². The lowest BCUT2D eigenvalue weighted by Crippen LogP contribution is -2.59. The molecule has 3 fully saturated rings. The van der Waals surface area contributed by atoms with Crippen LogP contribution in [-0.4, -0.2) is 69.6 Å². The third-order valence-corrected chi connectivity index (χ3v) is 10.7. The van der Waals surface area contributed by atoms with Crippen LogP contribution in [0.15, 0.2) is 49.6 Å². The molecule has 0 aromatic heterocycles. The predicted molar refractivity (Wildman–Crippen MR) is 151 cm³/mol. The minimum absolute atomic E-state index is 0.00300. The normalized spacial score (nSPS) is 30.2. The largest absolute Gasteiger partial charge is 0.465 e. The zero-order chi connectivity index (χ0) is 27.6. The number of carbonyl (C=O) groups is 3. The number of thioether (sulfide) groups is 1. The molecule has 2 amide bonds. The second-order valence-corrected chi connectivity index (χ2v) is 12.3. The summed E-state index contributed by atoms with van der Waals surface area (Å²) >= 11 is 8.11. The molecule has 4 rings (SSSR count). The van der Waals surface area contributed by atoms with Crippen molar-refractivity contribution in [3.05, 3.63) is 54.6 Å². The van der Waals surface area contributed by atoms with Crippen LogP contribution in [0.5, 0.6) is 0 Å². The number of benzene rings is 1. The lowest BCUT2D eigenvalue weighted by molar-refractivity contribution is -0.155. The second-order valence-electron chi connectivity index (χ2n) is 10.3. The number of carbonyl (C=O) groups excluding carboxylic acids is 3. The molecule has 3 heterocycles. The SMILES string of the molecule is C=CCCCOC(=O)[C@@H]1[C@H]2C(=O)N([C@@H](CC)CO)C(C(=O)N(CC=C)c3ccccc3Cl)C23S[C@@H]1CC3C. The van der Waals surface area contributed by atoms with Crippen LogP contribution in [0.25, 0.3) is 0 Å². The standard InChI is InChI=1S/C29H37ClN2O5S/c1-5-8-11-15-37-28(36)23-22-16-18(4)29(38-22)24(23)26(34)32(19(7-3)17-33)25(29)27(35)31(14-6-2)21-13-10-9-12-20(21)30/h5-6,9-10,12-13,18-19,22-25,33H,1-2,7-8,11,14-17H2,3-4H3/t18?,19-,22+,23-,24-,25?,29?/m0/s1. The van der Waals surface area contributed by atoms with Gasteiger partial charge in [0, 0.05) is 11.8 Å². The average molecular weight is 561 g/mol. The molecule has 1 spiro atoms. The zero-order valence-electron chi connectivity index (χ0n) is 22.1. The first kappa shape index (κ1) is 28.7. The molecule has 0 saturated carbocycles. The molecule has 9 heteroatoms. The summed E-state index contributed by atoms with van der Waals surface area (Å²) in [6.07, 6.45) is 6.00.